The van der Waals surface area contributed by atoms with E-state index in [0.717, 1.165) is 22.4 Å². The fourth-order valence-corrected chi connectivity index (χ4v) is 5.69. The van der Waals surface area contributed by atoms with E-state index in [-0.39, 0.29) is 25.5 Å². The Morgan fingerprint density at radius 2 is 1.76 bits per heavy atom. The molecular formula is C36H36N8O5. The van der Waals surface area contributed by atoms with Crippen molar-refractivity contribution in [3.63, 3.8) is 0 Å². The predicted octanol–water partition coefficient (Wildman–Crippen LogP) is 7.07. The number of nitrogens with zero attached hydrogens (tertiary/aromatic N) is 7. The molecule has 0 spiro atoms. The number of aliphatic hydroxyl groups excluding tert-OH is 1. The van der Waals surface area contributed by atoms with Gasteiger partial charge in [0.1, 0.15) is 11.5 Å². The van der Waals surface area contributed by atoms with Crippen LogP contribution >= 0.6 is 0 Å². The number of azide groups is 2. The minimum atomic E-state index is -1.58. The van der Waals surface area contributed by atoms with Crippen molar-refractivity contribution in [3.05, 3.63) is 146 Å². The molecule has 0 fully saturated rings. The number of hydrogen-bond acceptors (Lipinski definition) is 8. The van der Waals surface area contributed by atoms with Crippen LogP contribution in [0.3, 0.4) is 0 Å². The topological polar surface area (TPSA) is 187 Å². The quantitative estimate of drug-likeness (QED) is 0.0562. The maximum absolute atomic E-state index is 14.7. The lowest BCUT2D eigenvalue weighted by Crippen LogP contribution is -2.50. The third-order valence-electron chi connectivity index (χ3n) is 8.12. The van der Waals surface area contributed by atoms with Gasteiger partial charge in [0.2, 0.25) is 5.90 Å². The van der Waals surface area contributed by atoms with Crippen LogP contribution < -0.4 is 14.8 Å². The van der Waals surface area contributed by atoms with Crippen LogP contribution in [0, 0.1) is 0 Å². The lowest BCUT2D eigenvalue weighted by atomic mass is 9.80. The molecule has 4 aromatic carbocycles. The molecule has 13 nitrogen and oxygen atoms in total. The number of aliphatic imine (C=N–C) groups is 1. The van der Waals surface area contributed by atoms with Crippen LogP contribution in [-0.2, 0) is 28.9 Å². The second-order valence-corrected chi connectivity index (χ2v) is 11.2. The van der Waals surface area contributed by atoms with E-state index in [9.17, 15) is 10.3 Å². The second-order valence-electron chi connectivity index (χ2n) is 11.2. The largest absolute Gasteiger partial charge is 0.497 e. The highest BCUT2D eigenvalue weighted by atomic mass is 16.5. The van der Waals surface area contributed by atoms with E-state index >= 15 is 0 Å². The number of rotatable bonds is 16. The van der Waals surface area contributed by atoms with Gasteiger partial charge >= 0.3 is 0 Å². The third kappa shape index (κ3) is 8.30. The fourth-order valence-electron chi connectivity index (χ4n) is 5.69. The number of methoxy groups -OCH3 is 1. The molecule has 13 heteroatoms. The summed E-state index contributed by atoms with van der Waals surface area (Å²) in [5.41, 5.74) is 20.7. The number of carbonyl (C=O) groups excluding carboxylic acids is 1. The van der Waals surface area contributed by atoms with Gasteiger partial charge in [-0.05, 0) is 70.6 Å². The summed E-state index contributed by atoms with van der Waals surface area (Å²) in [6.45, 7) is 0.760. The average Bonchev–Trinajstić information content (AvgIpc) is 3.52. The predicted molar refractivity (Wildman–Crippen MR) is 185 cm³/mol. The Morgan fingerprint density at radius 3 is 2.51 bits per heavy atom. The van der Waals surface area contributed by atoms with Crippen LogP contribution in [0.1, 0.15) is 40.3 Å². The summed E-state index contributed by atoms with van der Waals surface area (Å²) in [7, 11) is 1.60. The molecule has 0 aliphatic carbocycles. The smallest absolute Gasteiger partial charge is 0.252 e. The van der Waals surface area contributed by atoms with Gasteiger partial charge in [-0.1, -0.05) is 70.9 Å². The molecule has 0 bridgehead atoms. The van der Waals surface area contributed by atoms with E-state index in [1.165, 1.54) is 0 Å². The summed E-state index contributed by atoms with van der Waals surface area (Å²) in [6.07, 6.45) is 0.104. The zero-order chi connectivity index (χ0) is 34.5. The highest BCUT2D eigenvalue weighted by molar-refractivity contribution is 6.01. The first-order valence-corrected chi connectivity index (χ1v) is 15.7. The summed E-state index contributed by atoms with van der Waals surface area (Å²) in [5.74, 6) is 1.15. The van der Waals surface area contributed by atoms with Gasteiger partial charge in [-0.25, -0.2) is 4.99 Å². The van der Waals surface area contributed by atoms with Crippen molar-refractivity contribution in [2.24, 2.45) is 15.2 Å². The number of amides is 1. The van der Waals surface area contributed by atoms with Gasteiger partial charge in [-0.3, -0.25) is 4.79 Å². The third-order valence-corrected chi connectivity index (χ3v) is 8.12. The minimum absolute atomic E-state index is 0.0249. The first-order chi connectivity index (χ1) is 24.0. The first-order valence-electron chi connectivity index (χ1n) is 15.7. The Bertz CT molecular complexity index is 1890. The summed E-state index contributed by atoms with van der Waals surface area (Å²) < 4.78 is 17.7. The standard InChI is InChI=1S/C36H36N8O5/c1-47-30-11-6-8-25(22-30)18-19-39-35(46)36(23-27-9-2-3-10-28(27)24-40-43-37)33(31-12-4-5-13-32(31)42-44-38)49-34(41-36)26-14-16-29(17-15-26)48-21-7-20-45/h2-6,8-17,22,33,45H,7,18-21,23-24H2,1H3,(H,39,46)/t33-,36-/m1/s1. The Labute approximate surface area is 283 Å². The number of carbonyl (C=O) groups is 1. The molecule has 4 aromatic rings. The molecule has 0 saturated heterocycles. The molecule has 1 aliphatic heterocycles. The van der Waals surface area contributed by atoms with Gasteiger partial charge in [0.25, 0.3) is 5.91 Å². The van der Waals surface area contributed by atoms with Gasteiger partial charge in [-0.15, -0.1) is 0 Å². The van der Waals surface area contributed by atoms with Crippen LogP contribution in [-0.4, -0.2) is 49.3 Å². The molecule has 5 rings (SSSR count). The highest BCUT2D eigenvalue weighted by Gasteiger charge is 2.54. The molecule has 0 radical (unpaired) electrons. The van der Waals surface area contributed by atoms with Gasteiger partial charge in [0, 0.05) is 52.6 Å². The average molecular weight is 661 g/mol. The van der Waals surface area contributed by atoms with Gasteiger partial charge in [-0.2, -0.15) is 0 Å². The molecule has 49 heavy (non-hydrogen) atoms. The Balaban J connectivity index is 1.60. The normalized spacial score (nSPS) is 16.4. The summed E-state index contributed by atoms with van der Waals surface area (Å²) in [4.78, 5) is 25.7. The maximum atomic E-state index is 14.7. The van der Waals surface area contributed by atoms with Crippen molar-refractivity contribution in [1.29, 1.82) is 0 Å². The van der Waals surface area contributed by atoms with Crippen molar-refractivity contribution in [1.82, 2.24) is 5.32 Å². The molecule has 1 aliphatic rings. The molecule has 0 unspecified atom stereocenters. The van der Waals surface area contributed by atoms with Crippen LogP contribution in [0.5, 0.6) is 11.5 Å². The van der Waals surface area contributed by atoms with Crippen molar-refractivity contribution < 1.29 is 24.1 Å². The minimum Gasteiger partial charge on any atom is -0.497 e. The van der Waals surface area contributed by atoms with Crippen LogP contribution in [0.25, 0.3) is 20.9 Å². The molecule has 1 amide bonds. The zero-order valence-corrected chi connectivity index (χ0v) is 27.0. The Hall–Kier alpha value is -6.00. The lowest BCUT2D eigenvalue weighted by Gasteiger charge is -2.32. The maximum Gasteiger partial charge on any atom is 0.252 e. The number of aliphatic hydroxyl groups is 1. The number of nitrogens with one attached hydrogen (secondary N) is 1. The molecule has 0 saturated carbocycles. The van der Waals surface area contributed by atoms with E-state index in [1.807, 2.05) is 48.5 Å². The van der Waals surface area contributed by atoms with E-state index in [1.54, 1.807) is 55.6 Å². The molecular weight excluding hydrogens is 624 g/mol. The number of ether oxygens (including phenoxy) is 3. The first kappa shape index (κ1) is 34.3. The van der Waals surface area contributed by atoms with Gasteiger partial charge in [0.05, 0.1) is 20.3 Å². The molecule has 1 heterocycles. The van der Waals surface area contributed by atoms with Crippen molar-refractivity contribution in [3.8, 4) is 11.5 Å². The molecule has 2 atom stereocenters. The summed E-state index contributed by atoms with van der Waals surface area (Å²) >= 11 is 0. The highest BCUT2D eigenvalue weighted by Crippen LogP contribution is 2.45. The van der Waals surface area contributed by atoms with Crippen LogP contribution in [0.2, 0.25) is 0 Å². The van der Waals surface area contributed by atoms with Gasteiger partial charge in [0.15, 0.2) is 11.6 Å². The lowest BCUT2D eigenvalue weighted by molar-refractivity contribution is -0.128. The van der Waals surface area contributed by atoms with Crippen molar-refractivity contribution in [2.75, 3.05) is 26.9 Å². The number of hydrogen-bond donors (Lipinski definition) is 2. The second kappa shape index (κ2) is 16.7. The van der Waals surface area contributed by atoms with E-state index in [0.29, 0.717) is 48.6 Å². The zero-order valence-electron chi connectivity index (χ0n) is 27.0. The van der Waals surface area contributed by atoms with E-state index in [4.69, 9.17) is 29.8 Å². The van der Waals surface area contributed by atoms with E-state index in [2.05, 4.69) is 25.4 Å². The summed E-state index contributed by atoms with van der Waals surface area (Å²) in [5, 5.41) is 19.9. The van der Waals surface area contributed by atoms with Crippen molar-refractivity contribution >= 4 is 17.5 Å². The fraction of sp³-hybridized carbons (Fsp3) is 0.278. The molecule has 2 N–H and O–H groups in total. The van der Waals surface area contributed by atoms with Crippen LogP contribution in [0.15, 0.2) is 112 Å². The number of benzene rings is 4. The monoisotopic (exact) mass is 660 g/mol. The van der Waals surface area contributed by atoms with Crippen molar-refractivity contribution in [2.45, 2.75) is 37.5 Å². The van der Waals surface area contributed by atoms with Crippen LogP contribution in [0.4, 0.5) is 5.69 Å². The Morgan fingerprint density at radius 1 is 0.980 bits per heavy atom. The molecule has 0 aromatic heterocycles. The van der Waals surface area contributed by atoms with E-state index < -0.39 is 17.6 Å². The summed E-state index contributed by atoms with van der Waals surface area (Å²) in [6, 6.07) is 29.1. The van der Waals surface area contributed by atoms with Gasteiger partial charge < -0.3 is 24.6 Å². The Kier molecular flexibility index (Phi) is 11.7. The molecule has 250 valence electrons. The SMILES string of the molecule is COc1cccc(CCNC(=O)[C@]2(Cc3ccccc3CN=[N+]=[N-])N=C(c3ccc(OCCCO)cc3)O[C@@H]2c2ccccc2N=[N+]=[N-])c1.